The molecule has 1 nitrogen and oxygen atoms in total. The molecule has 1 heteroatoms. The summed E-state index contributed by atoms with van der Waals surface area (Å²) in [7, 11) is 0. The third-order valence-corrected chi connectivity index (χ3v) is 13.5. The van der Waals surface area contributed by atoms with Crippen molar-refractivity contribution in [1.82, 2.24) is 0 Å². The monoisotopic (exact) mass is 877 g/mol. The highest BCUT2D eigenvalue weighted by molar-refractivity contribution is 6.22. The molecular weight excluding hydrogens is 831 g/mol. The smallest absolute Gasteiger partial charge is 0.0540 e. The fourth-order valence-electron chi connectivity index (χ4n) is 10.3. The van der Waals surface area contributed by atoms with Crippen molar-refractivity contribution in [3.05, 3.63) is 285 Å². The second-order valence-electron chi connectivity index (χ2n) is 17.6. The first-order chi connectivity index (χ1) is 34.3. The van der Waals surface area contributed by atoms with E-state index in [0.29, 0.717) is 0 Å². The van der Waals surface area contributed by atoms with Crippen LogP contribution < -0.4 is 4.90 Å². The van der Waals surface area contributed by atoms with Crippen LogP contribution in [0.2, 0.25) is 0 Å². The van der Waals surface area contributed by atoms with Crippen LogP contribution in [0.25, 0.3) is 99.4 Å². The quantitative estimate of drug-likeness (QED) is 0.124. The normalized spacial score (nSPS) is 11.2. The minimum absolute atomic E-state index is 1.07. The summed E-state index contributed by atoms with van der Waals surface area (Å²) in [5, 5.41) is 4.96. The van der Waals surface area contributed by atoms with Crippen LogP contribution in [0.4, 0.5) is 17.1 Å². The Morgan fingerprint density at radius 1 is 0.188 bits per heavy atom. The first-order valence-corrected chi connectivity index (χ1v) is 23.8. The van der Waals surface area contributed by atoms with Crippen molar-refractivity contribution in [3.8, 4) is 77.9 Å². The predicted octanol–water partition coefficient (Wildman–Crippen LogP) is 19.1. The first kappa shape index (κ1) is 41.4. The summed E-state index contributed by atoms with van der Waals surface area (Å²) in [5.74, 6) is 0. The molecule has 0 bridgehead atoms. The van der Waals surface area contributed by atoms with E-state index in [4.69, 9.17) is 0 Å². The zero-order chi connectivity index (χ0) is 45.9. The molecule has 12 aromatic rings. The summed E-state index contributed by atoms with van der Waals surface area (Å²) in [6, 6.07) is 104. The topological polar surface area (TPSA) is 3.24 Å². The second-order valence-corrected chi connectivity index (χ2v) is 17.6. The summed E-state index contributed by atoms with van der Waals surface area (Å²) >= 11 is 0. The fourth-order valence-corrected chi connectivity index (χ4v) is 10.3. The third-order valence-electron chi connectivity index (χ3n) is 13.5. The van der Waals surface area contributed by atoms with Gasteiger partial charge in [0.05, 0.1) is 5.69 Å². The van der Waals surface area contributed by atoms with Crippen molar-refractivity contribution in [1.29, 1.82) is 0 Å². The molecule has 0 radical (unpaired) electrons. The maximum atomic E-state index is 2.43. The van der Waals surface area contributed by atoms with Gasteiger partial charge >= 0.3 is 0 Å². The average molecular weight is 878 g/mol. The van der Waals surface area contributed by atoms with E-state index in [1.807, 2.05) is 0 Å². The zero-order valence-corrected chi connectivity index (χ0v) is 38.1. The number of rotatable bonds is 10. The van der Waals surface area contributed by atoms with Crippen molar-refractivity contribution >= 4 is 38.6 Å². The number of fused-ring (bicyclic) bond motifs is 3. The minimum Gasteiger partial charge on any atom is -0.310 e. The summed E-state index contributed by atoms with van der Waals surface area (Å²) in [4.78, 5) is 2.42. The Labute approximate surface area is 404 Å². The van der Waals surface area contributed by atoms with E-state index in [1.54, 1.807) is 0 Å². The Hall–Kier alpha value is -9.04. The van der Waals surface area contributed by atoms with Gasteiger partial charge in [-0.2, -0.15) is 0 Å². The molecule has 0 N–H and O–H groups in total. The molecule has 0 aromatic heterocycles. The van der Waals surface area contributed by atoms with Gasteiger partial charge in [-0.3, -0.25) is 0 Å². The lowest BCUT2D eigenvalue weighted by Gasteiger charge is -2.28. The van der Waals surface area contributed by atoms with E-state index in [1.165, 1.54) is 82.7 Å². The lowest BCUT2D eigenvalue weighted by molar-refractivity contribution is 1.28. The number of benzene rings is 12. The molecule has 0 aliphatic heterocycles. The highest BCUT2D eigenvalue weighted by atomic mass is 15.1. The molecule has 0 saturated heterocycles. The van der Waals surface area contributed by atoms with Crippen molar-refractivity contribution in [3.63, 3.8) is 0 Å². The van der Waals surface area contributed by atoms with Crippen LogP contribution >= 0.6 is 0 Å². The molecule has 0 saturated carbocycles. The molecule has 0 atom stereocenters. The number of nitrogens with zero attached hydrogens (tertiary/aromatic N) is 1. The Morgan fingerprint density at radius 3 is 1.12 bits per heavy atom. The van der Waals surface area contributed by atoms with Gasteiger partial charge in [0.15, 0.2) is 0 Å². The van der Waals surface area contributed by atoms with Gasteiger partial charge in [0.2, 0.25) is 0 Å². The number of anilines is 3. The molecule has 0 aliphatic rings. The number of para-hydroxylation sites is 1. The minimum atomic E-state index is 1.07. The number of hydrogen-bond donors (Lipinski definition) is 0. The predicted molar refractivity (Wildman–Crippen MR) is 294 cm³/mol. The lowest BCUT2D eigenvalue weighted by Crippen LogP contribution is -2.11. The van der Waals surface area contributed by atoms with Gasteiger partial charge in [0.25, 0.3) is 0 Å². The van der Waals surface area contributed by atoms with Gasteiger partial charge in [-0.1, -0.05) is 249 Å². The van der Waals surface area contributed by atoms with Crippen molar-refractivity contribution in [2.24, 2.45) is 0 Å². The van der Waals surface area contributed by atoms with E-state index in [-0.39, 0.29) is 0 Å². The maximum absolute atomic E-state index is 2.43. The highest BCUT2D eigenvalue weighted by Gasteiger charge is 2.22. The Kier molecular flexibility index (Phi) is 11.0. The van der Waals surface area contributed by atoms with Gasteiger partial charge in [-0.05, 0) is 130 Å². The van der Waals surface area contributed by atoms with Crippen LogP contribution in [0.15, 0.2) is 285 Å². The molecule has 0 heterocycles. The molecule has 0 fully saturated rings. The molecule has 12 aromatic carbocycles. The largest absolute Gasteiger partial charge is 0.310 e. The lowest BCUT2D eigenvalue weighted by atomic mass is 9.84. The van der Waals surface area contributed by atoms with E-state index >= 15 is 0 Å². The molecule has 0 amide bonds. The number of hydrogen-bond acceptors (Lipinski definition) is 1. The molecular formula is C68H47N. The molecule has 0 unspecified atom stereocenters. The van der Waals surface area contributed by atoms with E-state index in [0.717, 1.165) is 33.8 Å². The summed E-state index contributed by atoms with van der Waals surface area (Å²) in [6.45, 7) is 0. The molecule has 0 spiro atoms. The van der Waals surface area contributed by atoms with Crippen LogP contribution in [-0.2, 0) is 0 Å². The highest BCUT2D eigenvalue weighted by Crippen LogP contribution is 2.48. The van der Waals surface area contributed by atoms with E-state index < -0.39 is 0 Å². The van der Waals surface area contributed by atoms with Crippen LogP contribution in [0.3, 0.4) is 0 Å². The fraction of sp³-hybridized carbons (Fsp3) is 0. The zero-order valence-electron chi connectivity index (χ0n) is 38.1. The molecule has 324 valence electrons. The molecule has 12 rings (SSSR count). The average Bonchev–Trinajstić information content (AvgIpc) is 3.44. The van der Waals surface area contributed by atoms with E-state index in [2.05, 4.69) is 290 Å². The van der Waals surface area contributed by atoms with Crippen LogP contribution in [0.5, 0.6) is 0 Å². The van der Waals surface area contributed by atoms with Gasteiger partial charge in [0.1, 0.15) is 0 Å². The Bertz CT molecular complexity index is 3720. The molecule has 69 heavy (non-hydrogen) atoms. The maximum Gasteiger partial charge on any atom is 0.0540 e. The summed E-state index contributed by atoms with van der Waals surface area (Å²) in [6.07, 6.45) is 0. The third kappa shape index (κ3) is 7.86. The first-order valence-electron chi connectivity index (χ1n) is 23.8. The molecule has 0 aliphatic carbocycles. The standard InChI is InChI=1S/C68H47N/c1-6-21-48(22-7-1)49-37-42-56(43-38-49)69(57-44-39-51(40-45-57)60-35-20-34-59(50-23-8-2-9-24-50)66(60)52-25-10-3-11-26-52)65-36-19-18-31-58(65)55-41-46-62-61-32-16-17-33-63(61)67(53-27-12-4-13-28-53)68(64(62)47-55)54-29-14-5-15-30-54/h1-47H. The van der Waals surface area contributed by atoms with Crippen molar-refractivity contribution in [2.75, 3.05) is 4.90 Å². The SMILES string of the molecule is c1ccc(-c2ccc(N(c3ccc(-c4cccc(-c5ccccc5)c4-c4ccccc4)cc3)c3ccccc3-c3ccc4c(c3)c(-c3ccccc3)c(-c3ccccc3)c3ccccc34)cc2)cc1. The summed E-state index contributed by atoms with van der Waals surface area (Å²) < 4.78 is 0. The van der Waals surface area contributed by atoms with Crippen molar-refractivity contribution in [2.45, 2.75) is 0 Å². The van der Waals surface area contributed by atoms with Gasteiger partial charge in [-0.25, -0.2) is 0 Å². The summed E-state index contributed by atoms with van der Waals surface area (Å²) in [5.41, 5.74) is 20.0. The van der Waals surface area contributed by atoms with Gasteiger partial charge in [0, 0.05) is 16.9 Å². The van der Waals surface area contributed by atoms with Crippen LogP contribution in [0.1, 0.15) is 0 Å². The Balaban J connectivity index is 1.04. The van der Waals surface area contributed by atoms with E-state index in [9.17, 15) is 0 Å². The Morgan fingerprint density at radius 2 is 0.551 bits per heavy atom. The van der Waals surface area contributed by atoms with Crippen LogP contribution in [0, 0.1) is 0 Å². The second kappa shape index (κ2) is 18.3. The van der Waals surface area contributed by atoms with Crippen LogP contribution in [-0.4, -0.2) is 0 Å². The van der Waals surface area contributed by atoms with Crippen molar-refractivity contribution < 1.29 is 0 Å². The van der Waals surface area contributed by atoms with Gasteiger partial charge < -0.3 is 4.90 Å². The van der Waals surface area contributed by atoms with Gasteiger partial charge in [-0.15, -0.1) is 0 Å².